The van der Waals surface area contributed by atoms with Crippen LogP contribution in [-0.2, 0) is 78.7 Å². The van der Waals surface area contributed by atoms with E-state index in [4.69, 9.17) is 11.5 Å². The number of phenolic OH excluding ortho intramolecular Hbond substituents is 1. The molecule has 10 amide bonds. The first-order valence-corrected chi connectivity index (χ1v) is 33.0. The van der Waals surface area contributed by atoms with Gasteiger partial charge in [0.2, 0.25) is 59.1 Å². The van der Waals surface area contributed by atoms with Gasteiger partial charge in [-0.25, -0.2) is 4.39 Å². The number of unbranched alkanes of at least 4 members (excludes halogenated alkanes) is 1. The molecular formula is C62H77FN12O11S3. The van der Waals surface area contributed by atoms with Gasteiger partial charge in [-0.05, 0) is 122 Å². The lowest BCUT2D eigenvalue weighted by Crippen LogP contribution is -2.60. The molecule has 5 heterocycles. The minimum Gasteiger partial charge on any atom is -0.508 e. The van der Waals surface area contributed by atoms with Crippen molar-refractivity contribution in [3.8, 4) is 5.75 Å². The zero-order chi connectivity index (χ0) is 63.6. The van der Waals surface area contributed by atoms with E-state index in [-0.39, 0.29) is 69.5 Å². The molecular weight excluding hydrogens is 1200 g/mol. The van der Waals surface area contributed by atoms with Crippen LogP contribution in [0.25, 0.3) is 10.9 Å². The molecule has 27 heteroatoms. The van der Waals surface area contributed by atoms with Gasteiger partial charge < -0.3 is 68.6 Å². The van der Waals surface area contributed by atoms with E-state index in [9.17, 15) is 57.4 Å². The molecule has 3 aliphatic rings. The molecule has 476 valence electrons. The largest absolute Gasteiger partial charge is 0.508 e. The maximum absolute atomic E-state index is 14.9. The van der Waals surface area contributed by atoms with Crippen LogP contribution in [0, 0.1) is 5.82 Å². The first-order chi connectivity index (χ1) is 42.8. The van der Waals surface area contributed by atoms with Crippen molar-refractivity contribution < 1.29 is 57.4 Å². The molecule has 2 saturated heterocycles. The zero-order valence-corrected chi connectivity index (χ0v) is 51.8. The average Bonchev–Trinajstić information content (AvgIpc) is 3.58. The second-order valence-corrected chi connectivity index (χ2v) is 25.6. The number of nitrogens with one attached hydrogen (secondary N) is 8. The van der Waals surface area contributed by atoms with Gasteiger partial charge in [-0.3, -0.25) is 47.9 Å². The standard InChI is InChI=1S/C62H77FN12O11S3/c1-36-56(80)71-48(27-37-14-17-42(76)18-15-37)61(85)75-23-6-13-52(75)60(84)73-50(55(65)79)35-88-34-39-9-4-8-38(26-39)33-87-25-20-53(77)69-46(11-2-3-21-64)57(81)67-32-54(78)70-47(28-40-31-66-45-19-16-41(63)29-44(40)45)58(82)72-49(30-43-10-7-24-89-43)62(86)74-22-5-12-51(74)59(83)68-36/h4,7-10,14-19,24,26,29,31,36,46-52,66,76H,2-3,5-6,11-13,20-23,25,27-28,30,32-35,64H2,1H3,(H2,65,79)(H,67,81)(H,68,83)(H,69,77)(H,70,78)(H,71,80)(H,72,82)(H,73,84)/t36-,46-,47-,48-,49-,50-,51-,52-/m0/s1. The van der Waals surface area contributed by atoms with Crippen molar-refractivity contribution in [2.24, 2.45) is 11.5 Å². The van der Waals surface area contributed by atoms with E-state index in [1.807, 2.05) is 24.3 Å². The number of H-pyrrole nitrogens is 1. The van der Waals surface area contributed by atoms with E-state index in [0.29, 0.717) is 76.4 Å². The van der Waals surface area contributed by atoms with Gasteiger partial charge in [-0.15, -0.1) is 11.3 Å². The third-order valence-corrected chi connectivity index (χ3v) is 18.8. The predicted molar refractivity (Wildman–Crippen MR) is 337 cm³/mol. The number of hydrogen-bond donors (Lipinski definition) is 11. The Kier molecular flexibility index (Phi) is 24.4. The summed E-state index contributed by atoms with van der Waals surface area (Å²) in [5.74, 6) is -5.74. The number of carbonyl (C=O) groups excluding carboxylic acids is 10. The van der Waals surface area contributed by atoms with Crippen LogP contribution in [0.4, 0.5) is 4.39 Å². The molecule has 2 fully saturated rings. The van der Waals surface area contributed by atoms with E-state index in [1.165, 1.54) is 81.9 Å². The van der Waals surface area contributed by atoms with Gasteiger partial charge in [0.05, 0.1) is 6.54 Å². The second kappa shape index (κ2) is 32.5. The van der Waals surface area contributed by atoms with E-state index in [1.54, 1.807) is 35.8 Å². The number of rotatable bonds is 11. The van der Waals surface area contributed by atoms with Crippen molar-refractivity contribution in [1.29, 1.82) is 0 Å². The van der Waals surface area contributed by atoms with Crippen molar-refractivity contribution in [3.05, 3.63) is 123 Å². The van der Waals surface area contributed by atoms with Crippen LogP contribution in [0.3, 0.4) is 0 Å². The van der Waals surface area contributed by atoms with Gasteiger partial charge in [0.25, 0.3) is 0 Å². The minimum absolute atomic E-state index is 0.0223. The number of aromatic hydroxyl groups is 1. The van der Waals surface area contributed by atoms with Crippen molar-refractivity contribution >= 4 is 105 Å². The summed E-state index contributed by atoms with van der Waals surface area (Å²) < 4.78 is 14.7. The van der Waals surface area contributed by atoms with Gasteiger partial charge in [0, 0.05) is 83.8 Å². The number of phenols is 1. The lowest BCUT2D eigenvalue weighted by atomic mass is 10.0. The summed E-state index contributed by atoms with van der Waals surface area (Å²) in [5, 5.41) is 31.5. The number of hydrogen-bond acceptors (Lipinski definition) is 15. The van der Waals surface area contributed by atoms with Crippen LogP contribution in [0.5, 0.6) is 5.75 Å². The molecule has 0 aliphatic carbocycles. The Morgan fingerprint density at radius 1 is 0.674 bits per heavy atom. The lowest BCUT2D eigenvalue weighted by Gasteiger charge is -2.31. The molecule has 3 aromatic carbocycles. The van der Waals surface area contributed by atoms with Gasteiger partial charge in [-0.2, -0.15) is 23.5 Å². The Labute approximate surface area is 527 Å². The average molecular weight is 1280 g/mol. The maximum atomic E-state index is 14.9. The Balaban J connectivity index is 1.06. The van der Waals surface area contributed by atoms with Gasteiger partial charge in [0.15, 0.2) is 0 Å². The fourth-order valence-electron chi connectivity index (χ4n) is 11.1. The number of aromatic amines is 1. The third kappa shape index (κ3) is 19.0. The van der Waals surface area contributed by atoms with Crippen LogP contribution < -0.4 is 48.7 Å². The predicted octanol–water partition coefficient (Wildman–Crippen LogP) is 2.31. The number of thioether (sulfide) groups is 2. The molecule has 0 radical (unpaired) electrons. The van der Waals surface area contributed by atoms with E-state index in [2.05, 4.69) is 42.2 Å². The Bertz CT molecular complexity index is 3340. The zero-order valence-electron chi connectivity index (χ0n) is 49.4. The van der Waals surface area contributed by atoms with E-state index >= 15 is 0 Å². The van der Waals surface area contributed by atoms with E-state index < -0.39 is 120 Å². The summed E-state index contributed by atoms with van der Waals surface area (Å²) in [6.07, 6.45) is 3.88. The molecule has 0 spiro atoms. The molecule has 5 aromatic rings. The molecule has 0 unspecified atom stereocenters. The second-order valence-electron chi connectivity index (χ2n) is 22.4. The highest BCUT2D eigenvalue weighted by Gasteiger charge is 2.42. The van der Waals surface area contributed by atoms with Crippen LogP contribution in [0.2, 0.25) is 0 Å². The molecule has 89 heavy (non-hydrogen) atoms. The number of fused-ring (bicyclic) bond motifs is 5. The highest BCUT2D eigenvalue weighted by molar-refractivity contribution is 7.98. The van der Waals surface area contributed by atoms with Crippen LogP contribution in [0.1, 0.15) is 85.4 Å². The molecule has 3 aliphatic heterocycles. The minimum atomic E-state index is -1.41. The third-order valence-electron chi connectivity index (χ3n) is 15.8. The summed E-state index contributed by atoms with van der Waals surface area (Å²) in [6, 6.07) is 11.9. The van der Waals surface area contributed by atoms with Crippen molar-refractivity contribution in [1.82, 2.24) is 52.0 Å². The van der Waals surface area contributed by atoms with Crippen LogP contribution in [0.15, 0.2) is 90.4 Å². The quantitative estimate of drug-likeness (QED) is 0.0846. The van der Waals surface area contributed by atoms with Crippen molar-refractivity contribution in [2.45, 2.75) is 137 Å². The summed E-state index contributed by atoms with van der Waals surface area (Å²) in [7, 11) is 0. The van der Waals surface area contributed by atoms with Crippen LogP contribution in [-0.4, -0.2) is 165 Å². The highest BCUT2D eigenvalue weighted by Crippen LogP contribution is 2.26. The number of amides is 10. The Morgan fingerprint density at radius 3 is 2.01 bits per heavy atom. The summed E-state index contributed by atoms with van der Waals surface area (Å²) in [6.45, 7) is 1.40. The first-order valence-electron chi connectivity index (χ1n) is 29.8. The van der Waals surface area contributed by atoms with Gasteiger partial charge >= 0.3 is 0 Å². The highest BCUT2D eigenvalue weighted by atomic mass is 32.2. The first kappa shape index (κ1) is 66.9. The molecule has 8 rings (SSSR count). The van der Waals surface area contributed by atoms with Crippen molar-refractivity contribution in [3.63, 3.8) is 0 Å². The topological polar surface area (TPSA) is 349 Å². The molecule has 2 aromatic heterocycles. The smallest absolute Gasteiger partial charge is 0.246 e. The molecule has 23 nitrogen and oxygen atoms in total. The summed E-state index contributed by atoms with van der Waals surface area (Å²) in [4.78, 5) is 147. The molecule has 0 saturated carbocycles. The summed E-state index contributed by atoms with van der Waals surface area (Å²) >= 11 is 4.21. The Morgan fingerprint density at radius 2 is 1.34 bits per heavy atom. The number of nitrogens with zero attached hydrogens (tertiary/aromatic N) is 2. The van der Waals surface area contributed by atoms with Gasteiger partial charge in [0.1, 0.15) is 59.9 Å². The number of benzene rings is 3. The van der Waals surface area contributed by atoms with Crippen molar-refractivity contribution in [2.75, 3.05) is 37.7 Å². The van der Waals surface area contributed by atoms with Crippen LogP contribution >= 0.6 is 34.9 Å². The number of thiophene rings is 1. The molecule has 13 N–H and O–H groups in total. The molecule has 8 atom stereocenters. The number of halogens is 1. The Hall–Kier alpha value is -8.01. The maximum Gasteiger partial charge on any atom is 0.246 e. The number of aromatic nitrogens is 1. The molecule has 2 bridgehead atoms. The summed E-state index contributed by atoms with van der Waals surface area (Å²) in [5.41, 5.74) is 15.1. The fourth-order valence-corrected chi connectivity index (χ4v) is 13.7. The lowest BCUT2D eigenvalue weighted by molar-refractivity contribution is -0.143. The number of nitrogens with two attached hydrogens (primary N) is 2. The SMILES string of the molecule is C[C@@H]1NC(=O)[C@@H]2CCCN2C(=O)[C@H](Cc2cccs2)NC(=O)[C@H](Cc2c[nH]c3ccc(F)cc23)NC(=O)CNC(=O)[C@H](CCCCN)NC(=O)CCSCc2cccc(c2)CSC[C@@H](C(N)=O)NC(=O)[C@@H]2CCCN2C(=O)[C@H](Cc2ccc(O)cc2)NC1=O. The fraction of sp³-hybridized carbons (Fsp3) is 0.452. The number of primary amides is 1. The van der Waals surface area contributed by atoms with E-state index in [0.717, 1.165) is 11.1 Å². The van der Waals surface area contributed by atoms with Gasteiger partial charge in [-0.1, -0.05) is 42.5 Å². The number of carbonyl (C=O) groups is 10. The normalized spacial score (nSPS) is 24.1. The monoisotopic (exact) mass is 1280 g/mol.